The van der Waals surface area contributed by atoms with E-state index in [1.54, 1.807) is 18.4 Å². The van der Waals surface area contributed by atoms with Crippen molar-refractivity contribution >= 4 is 39.7 Å². The van der Waals surface area contributed by atoms with Crippen LogP contribution in [-0.4, -0.2) is 23.6 Å². The van der Waals surface area contributed by atoms with Crippen LogP contribution in [0.4, 0.5) is 5.82 Å². The fourth-order valence-electron chi connectivity index (χ4n) is 1.60. The topological polar surface area (TPSA) is 47.0 Å². The molecule has 4 nitrogen and oxygen atoms in total. The highest BCUT2D eigenvalue weighted by atomic mass is 127. The van der Waals surface area contributed by atoms with Crippen molar-refractivity contribution in [3.8, 4) is 10.7 Å². The number of anilines is 1. The van der Waals surface area contributed by atoms with Crippen molar-refractivity contribution in [1.82, 2.24) is 9.97 Å². The van der Waals surface area contributed by atoms with Gasteiger partial charge in [-0.05, 0) is 40.5 Å². The molecule has 6 heteroatoms. The Morgan fingerprint density at radius 3 is 2.89 bits per heavy atom. The molecular weight excluding hydrogens is 373 g/mol. The van der Waals surface area contributed by atoms with Gasteiger partial charge in [-0.25, -0.2) is 9.97 Å². The Hall–Kier alpha value is -0.730. The Bertz CT molecular complexity index is 531. The summed E-state index contributed by atoms with van der Waals surface area (Å²) in [6.45, 7) is 3.54. The number of halogens is 1. The number of rotatable bonds is 6. The molecule has 2 rings (SSSR count). The third kappa shape index (κ3) is 3.64. The minimum absolute atomic E-state index is 0.500. The van der Waals surface area contributed by atoms with Crippen molar-refractivity contribution in [1.29, 1.82) is 0 Å². The summed E-state index contributed by atoms with van der Waals surface area (Å²) in [5, 5.41) is 5.39. The van der Waals surface area contributed by atoms with Gasteiger partial charge in [0.2, 0.25) is 0 Å². The first kappa shape index (κ1) is 14.7. The quantitative estimate of drug-likeness (QED) is 0.764. The first-order chi connectivity index (χ1) is 9.26. The van der Waals surface area contributed by atoms with Gasteiger partial charge in [-0.1, -0.05) is 13.0 Å². The molecule has 0 aliphatic rings. The van der Waals surface area contributed by atoms with E-state index in [4.69, 9.17) is 4.74 Å². The van der Waals surface area contributed by atoms with Gasteiger partial charge in [0.05, 0.1) is 20.7 Å². The van der Waals surface area contributed by atoms with E-state index < -0.39 is 0 Å². The van der Waals surface area contributed by atoms with Crippen molar-refractivity contribution in [3.63, 3.8) is 0 Å². The second kappa shape index (κ2) is 7.16. The highest BCUT2D eigenvalue weighted by Crippen LogP contribution is 2.27. The predicted octanol–water partition coefficient (Wildman–Crippen LogP) is 3.78. The molecule has 0 aliphatic heterocycles. The molecule has 0 bridgehead atoms. The molecule has 2 heterocycles. The molecule has 2 aromatic heterocycles. The molecule has 0 fully saturated rings. The Labute approximate surface area is 130 Å². The van der Waals surface area contributed by atoms with E-state index in [-0.39, 0.29) is 0 Å². The number of methoxy groups -OCH3 is 1. The highest BCUT2D eigenvalue weighted by Gasteiger charge is 2.13. The van der Waals surface area contributed by atoms with Crippen LogP contribution in [0.2, 0.25) is 0 Å². The van der Waals surface area contributed by atoms with E-state index in [1.807, 2.05) is 17.5 Å². The number of aromatic nitrogens is 2. The van der Waals surface area contributed by atoms with Crippen molar-refractivity contribution in [2.75, 3.05) is 19.0 Å². The standard InChI is InChI=1S/C13H16IN3OS/c1-3-6-15-13-11(14)9(8-18-2)16-12(17-13)10-5-4-7-19-10/h4-5,7H,3,6,8H2,1-2H3,(H,15,16,17). The summed E-state index contributed by atoms with van der Waals surface area (Å²) in [5.41, 5.74) is 0.931. The summed E-state index contributed by atoms with van der Waals surface area (Å²) in [5.74, 6) is 1.66. The number of thiophene rings is 1. The van der Waals surface area contributed by atoms with E-state index in [0.29, 0.717) is 6.61 Å². The lowest BCUT2D eigenvalue weighted by Crippen LogP contribution is -2.09. The molecule has 0 atom stereocenters. The number of nitrogens with zero attached hydrogens (tertiary/aromatic N) is 2. The highest BCUT2D eigenvalue weighted by molar-refractivity contribution is 14.1. The summed E-state index contributed by atoms with van der Waals surface area (Å²) in [7, 11) is 1.68. The van der Waals surface area contributed by atoms with Crippen molar-refractivity contribution in [2.45, 2.75) is 20.0 Å². The van der Waals surface area contributed by atoms with Gasteiger partial charge in [0.25, 0.3) is 0 Å². The van der Waals surface area contributed by atoms with Crippen LogP contribution < -0.4 is 5.32 Å². The van der Waals surface area contributed by atoms with E-state index in [0.717, 1.165) is 38.7 Å². The van der Waals surface area contributed by atoms with Crippen molar-refractivity contribution < 1.29 is 4.74 Å². The van der Waals surface area contributed by atoms with Gasteiger partial charge >= 0.3 is 0 Å². The second-order valence-corrected chi connectivity index (χ2v) is 6.02. The molecule has 0 aliphatic carbocycles. The van der Waals surface area contributed by atoms with Crippen LogP contribution in [0, 0.1) is 3.57 Å². The van der Waals surface area contributed by atoms with Crippen LogP contribution in [0.25, 0.3) is 10.7 Å². The Morgan fingerprint density at radius 1 is 1.42 bits per heavy atom. The molecule has 1 N–H and O–H groups in total. The normalized spacial score (nSPS) is 10.7. The Kier molecular flexibility index (Phi) is 5.53. The van der Waals surface area contributed by atoms with E-state index in [2.05, 4.69) is 44.8 Å². The first-order valence-corrected chi connectivity index (χ1v) is 8.05. The summed E-state index contributed by atoms with van der Waals surface area (Å²) >= 11 is 3.92. The van der Waals surface area contributed by atoms with Crippen LogP contribution in [0.3, 0.4) is 0 Å². The predicted molar refractivity (Wildman–Crippen MR) is 87.6 cm³/mol. The van der Waals surface area contributed by atoms with Crippen LogP contribution in [0.5, 0.6) is 0 Å². The van der Waals surface area contributed by atoms with Gasteiger partial charge in [0.1, 0.15) is 5.82 Å². The van der Waals surface area contributed by atoms with Crippen molar-refractivity contribution in [2.24, 2.45) is 0 Å². The maximum atomic E-state index is 5.22. The lowest BCUT2D eigenvalue weighted by Gasteiger charge is -2.11. The zero-order valence-electron chi connectivity index (χ0n) is 10.9. The number of hydrogen-bond acceptors (Lipinski definition) is 5. The zero-order chi connectivity index (χ0) is 13.7. The van der Waals surface area contributed by atoms with E-state index in [1.165, 1.54) is 0 Å². The monoisotopic (exact) mass is 389 g/mol. The summed E-state index contributed by atoms with van der Waals surface area (Å²) < 4.78 is 6.26. The third-order valence-electron chi connectivity index (χ3n) is 2.48. The molecule has 102 valence electrons. The molecule has 19 heavy (non-hydrogen) atoms. The van der Waals surface area contributed by atoms with E-state index >= 15 is 0 Å². The fraction of sp³-hybridized carbons (Fsp3) is 0.385. The van der Waals surface area contributed by atoms with Crippen LogP contribution in [0.1, 0.15) is 19.0 Å². The minimum atomic E-state index is 0.500. The fourth-order valence-corrected chi connectivity index (χ4v) is 2.85. The number of ether oxygens (including phenoxy) is 1. The van der Waals surface area contributed by atoms with Crippen LogP contribution in [0.15, 0.2) is 17.5 Å². The van der Waals surface area contributed by atoms with E-state index in [9.17, 15) is 0 Å². The average molecular weight is 389 g/mol. The SMILES string of the molecule is CCCNc1nc(-c2cccs2)nc(COC)c1I. The lowest BCUT2D eigenvalue weighted by atomic mass is 10.3. The Morgan fingerprint density at radius 2 is 2.26 bits per heavy atom. The number of hydrogen-bond donors (Lipinski definition) is 1. The van der Waals surface area contributed by atoms with Gasteiger partial charge < -0.3 is 10.1 Å². The summed E-state index contributed by atoms with van der Waals surface area (Å²) in [6.07, 6.45) is 1.06. The first-order valence-electron chi connectivity index (χ1n) is 6.09. The molecule has 0 saturated heterocycles. The Balaban J connectivity index is 2.41. The van der Waals surface area contributed by atoms with Gasteiger partial charge in [-0.15, -0.1) is 11.3 Å². The number of nitrogens with one attached hydrogen (secondary N) is 1. The summed E-state index contributed by atoms with van der Waals surface area (Å²) in [6, 6.07) is 4.05. The molecule has 0 amide bonds. The molecule has 0 aromatic carbocycles. The van der Waals surface area contributed by atoms with Crippen LogP contribution >= 0.6 is 33.9 Å². The maximum Gasteiger partial charge on any atom is 0.172 e. The van der Waals surface area contributed by atoms with Gasteiger partial charge in [0.15, 0.2) is 5.82 Å². The largest absolute Gasteiger partial charge is 0.378 e. The molecule has 0 radical (unpaired) electrons. The van der Waals surface area contributed by atoms with Gasteiger partial charge in [-0.2, -0.15) is 0 Å². The summed E-state index contributed by atoms with van der Waals surface area (Å²) in [4.78, 5) is 10.3. The smallest absolute Gasteiger partial charge is 0.172 e. The maximum absolute atomic E-state index is 5.22. The third-order valence-corrected chi connectivity index (χ3v) is 4.48. The van der Waals surface area contributed by atoms with Gasteiger partial charge in [-0.3, -0.25) is 0 Å². The average Bonchev–Trinajstić information content (AvgIpc) is 2.94. The van der Waals surface area contributed by atoms with Crippen molar-refractivity contribution in [3.05, 3.63) is 26.8 Å². The minimum Gasteiger partial charge on any atom is -0.378 e. The molecule has 0 unspecified atom stereocenters. The lowest BCUT2D eigenvalue weighted by molar-refractivity contribution is 0.181. The molecule has 0 spiro atoms. The zero-order valence-corrected chi connectivity index (χ0v) is 13.9. The van der Waals surface area contributed by atoms with Gasteiger partial charge in [0, 0.05) is 13.7 Å². The molecular formula is C13H16IN3OS. The second-order valence-electron chi connectivity index (χ2n) is 3.99. The van der Waals surface area contributed by atoms with Crippen LogP contribution in [-0.2, 0) is 11.3 Å². The molecule has 2 aromatic rings. The molecule has 0 saturated carbocycles.